The molecule has 2 aliphatic rings. The number of amides is 1. The van der Waals surface area contributed by atoms with Crippen LogP contribution in [0.25, 0.3) is 0 Å². The highest BCUT2D eigenvalue weighted by atomic mass is 16.4. The van der Waals surface area contributed by atoms with Crippen LogP contribution < -0.4 is 5.32 Å². The maximum absolute atomic E-state index is 12.5. The van der Waals surface area contributed by atoms with Gasteiger partial charge in [0.1, 0.15) is 0 Å². The van der Waals surface area contributed by atoms with Crippen LogP contribution in [0.15, 0.2) is 24.3 Å². The van der Waals surface area contributed by atoms with Crippen LogP contribution in [0.4, 0.5) is 0 Å². The lowest BCUT2D eigenvalue weighted by molar-refractivity contribution is -0.140. The maximum Gasteiger partial charge on any atom is 0.317 e. The highest BCUT2D eigenvalue weighted by molar-refractivity contribution is 5.77. The summed E-state index contributed by atoms with van der Waals surface area (Å²) in [6, 6.07) is 8.93. The topological polar surface area (TPSA) is 69.6 Å². The molecule has 0 spiro atoms. The number of nitrogens with one attached hydrogen (secondary N) is 1. The first-order valence-electron chi connectivity index (χ1n) is 10.3. The Morgan fingerprint density at radius 3 is 2.44 bits per heavy atom. The third-order valence-corrected chi connectivity index (χ3v) is 6.00. The van der Waals surface area contributed by atoms with Crippen LogP contribution in [-0.4, -0.2) is 47.1 Å². The molecule has 2 N–H and O–H groups in total. The van der Waals surface area contributed by atoms with Crippen molar-refractivity contribution in [1.29, 1.82) is 0 Å². The number of carboxylic acids is 1. The van der Waals surface area contributed by atoms with Gasteiger partial charge in [-0.25, -0.2) is 0 Å². The van der Waals surface area contributed by atoms with Crippen LogP contribution in [0.5, 0.6) is 0 Å². The molecule has 5 nitrogen and oxygen atoms in total. The lowest BCUT2D eigenvalue weighted by Gasteiger charge is -2.42. The van der Waals surface area contributed by atoms with E-state index in [-0.39, 0.29) is 24.4 Å². The van der Waals surface area contributed by atoms with Crippen LogP contribution in [0.3, 0.4) is 0 Å². The molecule has 5 heteroatoms. The van der Waals surface area contributed by atoms with Gasteiger partial charge < -0.3 is 10.4 Å². The molecule has 148 valence electrons. The van der Waals surface area contributed by atoms with Crippen LogP contribution in [0, 0.1) is 12.8 Å². The predicted molar refractivity (Wildman–Crippen MR) is 106 cm³/mol. The molecule has 2 aliphatic carbocycles. The highest BCUT2D eigenvalue weighted by Gasteiger charge is 2.37. The largest absolute Gasteiger partial charge is 0.480 e. The Morgan fingerprint density at radius 2 is 1.89 bits per heavy atom. The van der Waals surface area contributed by atoms with E-state index in [1.54, 1.807) is 0 Å². The van der Waals surface area contributed by atoms with E-state index in [0.29, 0.717) is 18.4 Å². The first-order chi connectivity index (χ1) is 12.9. The van der Waals surface area contributed by atoms with Gasteiger partial charge in [-0.2, -0.15) is 0 Å². The van der Waals surface area contributed by atoms with E-state index in [1.807, 2.05) is 0 Å². The molecule has 0 aliphatic heterocycles. The average molecular weight is 373 g/mol. The second-order valence-electron chi connectivity index (χ2n) is 8.38. The SMILES string of the molecule is CCC(CC(=O)NC1CC(N(CC(=O)O)CC2CC2)C1)c1ccc(C)cc1. The summed E-state index contributed by atoms with van der Waals surface area (Å²) in [6.45, 7) is 5.20. The summed E-state index contributed by atoms with van der Waals surface area (Å²) in [5.74, 6) is 0.280. The van der Waals surface area contributed by atoms with Gasteiger partial charge in [0.05, 0.1) is 6.54 Å². The van der Waals surface area contributed by atoms with Crippen molar-refractivity contribution in [3.63, 3.8) is 0 Å². The van der Waals surface area contributed by atoms with Gasteiger partial charge in [-0.1, -0.05) is 36.8 Å². The first-order valence-corrected chi connectivity index (χ1v) is 10.3. The molecule has 27 heavy (non-hydrogen) atoms. The molecule has 0 heterocycles. The number of hydrogen-bond acceptors (Lipinski definition) is 3. The zero-order chi connectivity index (χ0) is 19.4. The van der Waals surface area contributed by atoms with Gasteiger partial charge in [-0.3, -0.25) is 14.5 Å². The number of rotatable bonds is 10. The van der Waals surface area contributed by atoms with Gasteiger partial charge >= 0.3 is 5.97 Å². The minimum Gasteiger partial charge on any atom is -0.480 e. The van der Waals surface area contributed by atoms with Crippen LogP contribution in [0.2, 0.25) is 0 Å². The van der Waals surface area contributed by atoms with Gasteiger partial charge in [0.25, 0.3) is 0 Å². The molecule has 0 saturated heterocycles. The van der Waals surface area contributed by atoms with Gasteiger partial charge in [-0.05, 0) is 56.4 Å². The summed E-state index contributed by atoms with van der Waals surface area (Å²) < 4.78 is 0. The maximum atomic E-state index is 12.5. The van der Waals surface area contributed by atoms with Crippen molar-refractivity contribution >= 4 is 11.9 Å². The van der Waals surface area contributed by atoms with Crippen molar-refractivity contribution in [2.24, 2.45) is 5.92 Å². The monoisotopic (exact) mass is 372 g/mol. The normalized spacial score (nSPS) is 22.9. The van der Waals surface area contributed by atoms with E-state index >= 15 is 0 Å². The Morgan fingerprint density at radius 1 is 1.22 bits per heavy atom. The molecule has 3 rings (SSSR count). The fraction of sp³-hybridized carbons (Fsp3) is 0.636. The standard InChI is InChI=1S/C22H32N2O3/c1-3-17(18-8-4-15(2)5-9-18)10-21(25)23-19-11-20(12-19)24(14-22(26)27)13-16-6-7-16/h4-5,8-9,16-17,19-20H,3,6-7,10-14H2,1-2H3,(H,23,25)(H,26,27). The molecule has 1 amide bonds. The number of benzene rings is 1. The van der Waals surface area contributed by atoms with Gasteiger partial charge in [0, 0.05) is 25.0 Å². The number of hydrogen-bond donors (Lipinski definition) is 2. The number of aryl methyl sites for hydroxylation is 1. The number of carbonyl (C=O) groups is 2. The number of aliphatic carboxylic acids is 1. The Bertz CT molecular complexity index is 648. The van der Waals surface area contributed by atoms with Crippen molar-refractivity contribution in [1.82, 2.24) is 10.2 Å². The molecular formula is C22H32N2O3. The minimum absolute atomic E-state index is 0.109. The summed E-state index contributed by atoms with van der Waals surface area (Å²) in [4.78, 5) is 25.7. The smallest absolute Gasteiger partial charge is 0.317 e. The van der Waals surface area contributed by atoms with Crippen molar-refractivity contribution < 1.29 is 14.7 Å². The van der Waals surface area contributed by atoms with Crippen LogP contribution in [0.1, 0.15) is 62.5 Å². The van der Waals surface area contributed by atoms with E-state index < -0.39 is 5.97 Å². The fourth-order valence-corrected chi connectivity index (χ4v) is 4.00. The molecule has 0 aromatic heterocycles. The quantitative estimate of drug-likeness (QED) is 0.661. The van der Waals surface area contributed by atoms with Gasteiger partial charge in [-0.15, -0.1) is 0 Å². The lowest BCUT2D eigenvalue weighted by atomic mass is 9.84. The summed E-state index contributed by atoms with van der Waals surface area (Å²) >= 11 is 0. The van der Waals surface area contributed by atoms with Gasteiger partial charge in [0.15, 0.2) is 0 Å². The van der Waals surface area contributed by atoms with E-state index in [0.717, 1.165) is 25.8 Å². The summed E-state index contributed by atoms with van der Waals surface area (Å²) in [5.41, 5.74) is 2.46. The second-order valence-corrected chi connectivity index (χ2v) is 8.38. The minimum atomic E-state index is -0.757. The molecular weight excluding hydrogens is 340 g/mol. The molecule has 1 atom stereocenters. The second kappa shape index (κ2) is 8.87. The number of nitrogens with zero attached hydrogens (tertiary/aromatic N) is 1. The van der Waals surface area contributed by atoms with Crippen molar-refractivity contribution in [3.05, 3.63) is 35.4 Å². The molecule has 0 radical (unpaired) electrons. The predicted octanol–water partition coefficient (Wildman–Crippen LogP) is 3.32. The van der Waals surface area contributed by atoms with Crippen molar-refractivity contribution in [2.75, 3.05) is 13.1 Å². The molecule has 2 fully saturated rings. The zero-order valence-electron chi connectivity index (χ0n) is 16.5. The van der Waals surface area contributed by atoms with Gasteiger partial charge in [0.2, 0.25) is 5.91 Å². The van der Waals surface area contributed by atoms with Crippen LogP contribution >= 0.6 is 0 Å². The Balaban J connectivity index is 1.44. The third kappa shape index (κ3) is 5.80. The van der Waals surface area contributed by atoms with E-state index in [9.17, 15) is 9.59 Å². The summed E-state index contributed by atoms with van der Waals surface area (Å²) in [6.07, 6.45) is 5.64. The average Bonchev–Trinajstić information content (AvgIpc) is 3.39. The molecule has 0 bridgehead atoms. The number of carbonyl (C=O) groups excluding carboxylic acids is 1. The molecule has 1 aromatic carbocycles. The molecule has 2 saturated carbocycles. The third-order valence-electron chi connectivity index (χ3n) is 6.00. The number of carboxylic acid groups (broad SMARTS) is 1. The fourth-order valence-electron chi connectivity index (χ4n) is 4.00. The Labute approximate surface area is 162 Å². The highest BCUT2D eigenvalue weighted by Crippen LogP contribution is 2.34. The summed E-state index contributed by atoms with van der Waals surface area (Å²) in [7, 11) is 0. The van der Waals surface area contributed by atoms with Crippen molar-refractivity contribution in [3.8, 4) is 0 Å². The first kappa shape index (κ1) is 19.9. The molecule has 1 aromatic rings. The van der Waals surface area contributed by atoms with E-state index in [4.69, 9.17) is 5.11 Å². The van der Waals surface area contributed by atoms with E-state index in [2.05, 4.69) is 48.3 Å². The van der Waals surface area contributed by atoms with Crippen molar-refractivity contribution in [2.45, 2.75) is 70.4 Å². The van der Waals surface area contributed by atoms with Crippen LogP contribution in [-0.2, 0) is 9.59 Å². The Hall–Kier alpha value is -1.88. The zero-order valence-corrected chi connectivity index (χ0v) is 16.5. The van der Waals surface area contributed by atoms with E-state index in [1.165, 1.54) is 24.0 Å². The lowest BCUT2D eigenvalue weighted by Crippen LogP contribution is -2.55. The molecule has 1 unspecified atom stereocenters. The Kier molecular flexibility index (Phi) is 6.53. The summed E-state index contributed by atoms with van der Waals surface area (Å²) in [5, 5.41) is 12.3.